The van der Waals surface area contributed by atoms with Crippen LogP contribution in [0.4, 0.5) is 4.39 Å². The molecule has 0 spiro atoms. The number of benzene rings is 1. The summed E-state index contributed by atoms with van der Waals surface area (Å²) in [5.74, 6) is 1.29. The Balaban J connectivity index is 1.65. The van der Waals surface area contributed by atoms with Gasteiger partial charge >= 0.3 is 0 Å². The van der Waals surface area contributed by atoms with Crippen LogP contribution in [0.1, 0.15) is 18.4 Å². The number of ether oxygens (including phenoxy) is 1. The van der Waals surface area contributed by atoms with E-state index in [1.165, 1.54) is 18.9 Å². The van der Waals surface area contributed by atoms with Crippen LogP contribution in [0, 0.1) is 18.7 Å². The molecule has 0 saturated heterocycles. The first-order chi connectivity index (χ1) is 7.75. The molecule has 0 radical (unpaired) electrons. The van der Waals surface area contributed by atoms with Crippen LogP contribution in [0.15, 0.2) is 18.2 Å². The normalized spacial score (nSPS) is 15.1. The molecule has 1 N–H and O–H groups in total. The molecule has 16 heavy (non-hydrogen) atoms. The molecule has 0 aromatic heterocycles. The Labute approximate surface area is 95.8 Å². The first kappa shape index (κ1) is 11.4. The van der Waals surface area contributed by atoms with Gasteiger partial charge in [0.25, 0.3) is 0 Å². The molecule has 0 heterocycles. The van der Waals surface area contributed by atoms with Gasteiger partial charge in [0, 0.05) is 12.6 Å². The highest BCUT2D eigenvalue weighted by molar-refractivity contribution is 5.27. The summed E-state index contributed by atoms with van der Waals surface area (Å²) in [5.41, 5.74) is 0.652. The van der Waals surface area contributed by atoms with Crippen LogP contribution >= 0.6 is 0 Å². The number of aryl methyl sites for hydroxylation is 1. The maximum atomic E-state index is 13.2. The molecule has 0 amide bonds. The summed E-state index contributed by atoms with van der Waals surface area (Å²) in [4.78, 5) is 0. The Morgan fingerprint density at radius 2 is 2.25 bits per heavy atom. The van der Waals surface area contributed by atoms with E-state index in [9.17, 15) is 4.39 Å². The zero-order valence-corrected chi connectivity index (χ0v) is 9.63. The predicted molar refractivity (Wildman–Crippen MR) is 62.2 cm³/mol. The molecule has 2 rings (SSSR count). The fourth-order valence-electron chi connectivity index (χ4n) is 1.53. The summed E-state index contributed by atoms with van der Waals surface area (Å²) in [5, 5.41) is 3.32. The van der Waals surface area contributed by atoms with Gasteiger partial charge in [0.2, 0.25) is 0 Å². The van der Waals surface area contributed by atoms with Crippen molar-refractivity contribution in [3.63, 3.8) is 0 Å². The van der Waals surface area contributed by atoms with Crippen molar-refractivity contribution in [1.82, 2.24) is 5.32 Å². The van der Waals surface area contributed by atoms with Gasteiger partial charge in [-0.05, 0) is 43.9 Å². The van der Waals surface area contributed by atoms with Gasteiger partial charge in [-0.1, -0.05) is 6.07 Å². The number of nitrogens with one attached hydrogen (secondary N) is 1. The minimum atomic E-state index is -0.205. The van der Waals surface area contributed by atoms with E-state index in [-0.39, 0.29) is 5.82 Å². The third-order valence-electron chi connectivity index (χ3n) is 2.82. The molecule has 1 aromatic carbocycles. The van der Waals surface area contributed by atoms with Crippen molar-refractivity contribution in [2.45, 2.75) is 19.8 Å². The summed E-state index contributed by atoms with van der Waals surface area (Å²) in [7, 11) is 0. The zero-order valence-electron chi connectivity index (χ0n) is 9.63. The van der Waals surface area contributed by atoms with Gasteiger partial charge in [-0.2, -0.15) is 0 Å². The molecular formula is C13H18FNO. The van der Waals surface area contributed by atoms with Crippen LogP contribution in [-0.4, -0.2) is 19.7 Å². The van der Waals surface area contributed by atoms with E-state index in [4.69, 9.17) is 4.74 Å². The minimum absolute atomic E-state index is 0.205. The highest BCUT2D eigenvalue weighted by Crippen LogP contribution is 2.27. The Morgan fingerprint density at radius 1 is 1.44 bits per heavy atom. The van der Waals surface area contributed by atoms with E-state index < -0.39 is 0 Å². The largest absolute Gasteiger partial charge is 0.492 e. The Kier molecular flexibility index (Phi) is 3.78. The lowest BCUT2D eigenvalue weighted by atomic mass is 10.2. The molecule has 1 saturated carbocycles. The van der Waals surface area contributed by atoms with Gasteiger partial charge in [-0.25, -0.2) is 4.39 Å². The van der Waals surface area contributed by atoms with Crippen molar-refractivity contribution in [3.8, 4) is 5.75 Å². The monoisotopic (exact) mass is 223 g/mol. The highest BCUT2D eigenvalue weighted by atomic mass is 19.1. The fourth-order valence-corrected chi connectivity index (χ4v) is 1.53. The summed E-state index contributed by atoms with van der Waals surface area (Å²) >= 11 is 0. The second-order valence-corrected chi connectivity index (χ2v) is 4.41. The first-order valence-corrected chi connectivity index (χ1v) is 5.85. The van der Waals surface area contributed by atoms with Crippen molar-refractivity contribution < 1.29 is 9.13 Å². The van der Waals surface area contributed by atoms with Gasteiger partial charge < -0.3 is 10.1 Å². The second kappa shape index (κ2) is 5.30. The smallest absolute Gasteiger partial charge is 0.129 e. The molecule has 0 aliphatic heterocycles. The molecule has 0 bridgehead atoms. The summed E-state index contributed by atoms with van der Waals surface area (Å²) in [6.45, 7) is 4.25. The van der Waals surface area contributed by atoms with Crippen molar-refractivity contribution in [3.05, 3.63) is 29.6 Å². The maximum Gasteiger partial charge on any atom is 0.129 e. The van der Waals surface area contributed by atoms with E-state index in [1.807, 2.05) is 0 Å². The number of rotatable bonds is 6. The number of halogens is 1. The average Bonchev–Trinajstić information content (AvgIpc) is 3.07. The highest BCUT2D eigenvalue weighted by Gasteiger charge is 2.19. The van der Waals surface area contributed by atoms with Gasteiger partial charge in [0.05, 0.1) is 0 Å². The van der Waals surface area contributed by atoms with E-state index in [0.29, 0.717) is 17.9 Å². The average molecular weight is 223 g/mol. The van der Waals surface area contributed by atoms with Crippen LogP contribution in [0.5, 0.6) is 5.75 Å². The number of hydrogen-bond donors (Lipinski definition) is 1. The van der Waals surface area contributed by atoms with Gasteiger partial charge in [0.1, 0.15) is 18.2 Å². The van der Waals surface area contributed by atoms with Crippen molar-refractivity contribution in [1.29, 1.82) is 0 Å². The first-order valence-electron chi connectivity index (χ1n) is 5.85. The molecule has 3 heteroatoms. The lowest BCUT2D eigenvalue weighted by molar-refractivity contribution is 0.311. The summed E-state index contributed by atoms with van der Waals surface area (Å²) < 4.78 is 18.6. The van der Waals surface area contributed by atoms with Crippen molar-refractivity contribution in [2.75, 3.05) is 19.7 Å². The number of hydrogen-bond acceptors (Lipinski definition) is 2. The van der Waals surface area contributed by atoms with E-state index in [1.54, 1.807) is 19.1 Å². The van der Waals surface area contributed by atoms with Crippen LogP contribution in [-0.2, 0) is 0 Å². The van der Waals surface area contributed by atoms with E-state index in [0.717, 1.165) is 19.0 Å². The Bertz CT molecular complexity index is 350. The molecule has 2 nitrogen and oxygen atoms in total. The summed E-state index contributed by atoms with van der Waals surface area (Å²) in [6.07, 6.45) is 2.72. The molecule has 1 aliphatic carbocycles. The molecule has 1 aliphatic rings. The van der Waals surface area contributed by atoms with E-state index in [2.05, 4.69) is 5.32 Å². The maximum absolute atomic E-state index is 13.2. The topological polar surface area (TPSA) is 21.3 Å². The van der Waals surface area contributed by atoms with Gasteiger partial charge in [-0.3, -0.25) is 0 Å². The SMILES string of the molecule is Cc1ccc(OCCNCC2CC2)cc1F. The standard InChI is InChI=1S/C13H18FNO/c1-10-2-5-12(8-13(10)14)16-7-6-15-9-11-3-4-11/h2,5,8,11,15H,3-4,6-7,9H2,1H3. The molecule has 1 aromatic rings. The Morgan fingerprint density at radius 3 is 2.94 bits per heavy atom. The third-order valence-corrected chi connectivity index (χ3v) is 2.82. The van der Waals surface area contributed by atoms with Gasteiger partial charge in [-0.15, -0.1) is 0 Å². The van der Waals surface area contributed by atoms with E-state index >= 15 is 0 Å². The lowest BCUT2D eigenvalue weighted by Crippen LogP contribution is -2.23. The lowest BCUT2D eigenvalue weighted by Gasteiger charge is -2.07. The molecule has 88 valence electrons. The van der Waals surface area contributed by atoms with Crippen LogP contribution in [0.3, 0.4) is 0 Å². The van der Waals surface area contributed by atoms with Crippen LogP contribution in [0.25, 0.3) is 0 Å². The summed E-state index contributed by atoms with van der Waals surface area (Å²) in [6, 6.07) is 4.98. The van der Waals surface area contributed by atoms with Gasteiger partial charge in [0.15, 0.2) is 0 Å². The third kappa shape index (κ3) is 3.49. The molecule has 1 fully saturated rings. The zero-order chi connectivity index (χ0) is 11.4. The van der Waals surface area contributed by atoms with Crippen LogP contribution in [0.2, 0.25) is 0 Å². The second-order valence-electron chi connectivity index (χ2n) is 4.41. The molecule has 0 atom stereocenters. The predicted octanol–water partition coefficient (Wildman–Crippen LogP) is 2.51. The quantitative estimate of drug-likeness (QED) is 0.748. The van der Waals surface area contributed by atoms with Crippen molar-refractivity contribution in [2.24, 2.45) is 5.92 Å². The fraction of sp³-hybridized carbons (Fsp3) is 0.538. The minimum Gasteiger partial charge on any atom is -0.492 e. The molecular weight excluding hydrogens is 205 g/mol. The van der Waals surface area contributed by atoms with Crippen molar-refractivity contribution >= 4 is 0 Å². The van der Waals surface area contributed by atoms with Crippen LogP contribution < -0.4 is 10.1 Å². The molecule has 0 unspecified atom stereocenters. The Hall–Kier alpha value is -1.09.